The van der Waals surface area contributed by atoms with E-state index in [-0.39, 0.29) is 53.0 Å². The molecule has 0 radical (unpaired) electrons. The molecule has 18 nitrogen and oxygen atoms in total. The maximum Gasteiger partial charge on any atom is 0.269 e. The fourth-order valence-corrected chi connectivity index (χ4v) is 8.21. The van der Waals surface area contributed by atoms with Crippen LogP contribution in [0.5, 0.6) is 5.75 Å². The van der Waals surface area contributed by atoms with E-state index in [0.717, 1.165) is 70.4 Å². The number of amides is 5. The quantitative estimate of drug-likeness (QED) is 0.0465. The van der Waals surface area contributed by atoms with Crippen molar-refractivity contribution in [2.24, 2.45) is 5.92 Å². The van der Waals surface area contributed by atoms with E-state index in [4.69, 9.17) is 4.74 Å². The Bertz CT molecular complexity index is 2290. The maximum atomic E-state index is 12.5. The summed E-state index contributed by atoms with van der Waals surface area (Å²) in [4.78, 5) is 82.4. The van der Waals surface area contributed by atoms with E-state index in [1.807, 2.05) is 36.0 Å². The predicted molar refractivity (Wildman–Crippen MR) is 277 cm³/mol. The van der Waals surface area contributed by atoms with Crippen LogP contribution in [0, 0.1) is 17.6 Å². The van der Waals surface area contributed by atoms with Crippen LogP contribution in [0.4, 0.5) is 14.5 Å². The number of methoxy groups -OCH3 is 1. The van der Waals surface area contributed by atoms with Gasteiger partial charge in [-0.25, -0.2) is 4.39 Å². The third-order valence-electron chi connectivity index (χ3n) is 12.6. The molecule has 3 unspecified atom stereocenters. The standard InChI is InChI=1S/C25H35N7O4.C17H30N2O3.C7H6F2O.C5H5N/c1-17-4-5-22(36-17)25(35)30-19-6-11-26-21(14-19)24(34)28-10-3-9-27-23(33)18-15-29-32(16-18)20-7-12-31(2)13-8-20;1-19-14-15(13-16(19)21)17(22)18-11-9-7-5-3-2-4-6-8-10-12-20;1-10-6-4-2-3-5(8)7(6)9;1-2-4-6-5-3-1/h6,11,14-17,20,22H,3-5,7-10,12-13H2,1-2H3,(H,27,33)(H,28,34)(H,26,30,35);12,15H,2-11,13-14H2,1H3,(H,18,22);2-4H,1H3;1-5H. The Hall–Kier alpha value is -6.67. The van der Waals surface area contributed by atoms with Crippen LogP contribution in [0.1, 0.15) is 130 Å². The van der Waals surface area contributed by atoms with Gasteiger partial charge >= 0.3 is 0 Å². The summed E-state index contributed by atoms with van der Waals surface area (Å²) in [6.45, 7) is 6.06. The third-order valence-corrected chi connectivity index (χ3v) is 12.6. The molecule has 6 heterocycles. The number of unbranched alkanes of at least 4 members (excludes halogenated alkanes) is 8. The molecular weight excluding hydrogens is 955 g/mol. The number of rotatable bonds is 22. The summed E-state index contributed by atoms with van der Waals surface area (Å²) in [7, 11) is 5.15. The zero-order chi connectivity index (χ0) is 53.5. The van der Waals surface area contributed by atoms with Gasteiger partial charge in [0.2, 0.25) is 17.6 Å². The lowest BCUT2D eigenvalue weighted by Gasteiger charge is -2.28. The molecule has 3 aromatic heterocycles. The third kappa shape index (κ3) is 22.2. The normalized spacial score (nSPS) is 17.3. The SMILES string of the molecule is CC1CCC(C(=O)Nc2ccnc(C(=O)NCCCNC(=O)c3cnn(C4CCN(C)CC4)c3)c2)O1.CN1CC(C(=O)NCCCCCCCCCCC=O)CC1=O.COc1cccc(F)c1F.c1ccncc1. The summed E-state index contributed by atoms with van der Waals surface area (Å²) >= 11 is 0. The molecule has 0 bridgehead atoms. The summed E-state index contributed by atoms with van der Waals surface area (Å²) in [6, 6.07) is 13.0. The lowest BCUT2D eigenvalue weighted by Crippen LogP contribution is -2.32. The zero-order valence-corrected chi connectivity index (χ0v) is 43.4. The van der Waals surface area contributed by atoms with Gasteiger partial charge in [0.25, 0.3) is 17.7 Å². The zero-order valence-electron chi connectivity index (χ0n) is 43.4. The summed E-state index contributed by atoms with van der Waals surface area (Å²) < 4.78 is 36.8. The fourth-order valence-electron chi connectivity index (χ4n) is 8.21. The van der Waals surface area contributed by atoms with Crippen molar-refractivity contribution in [3.05, 3.63) is 102 Å². The number of hydrogen-bond acceptors (Lipinski definition) is 12. The maximum absolute atomic E-state index is 12.5. The van der Waals surface area contributed by atoms with Crippen LogP contribution in [0.25, 0.3) is 0 Å². The highest BCUT2D eigenvalue weighted by Crippen LogP contribution is 2.23. The van der Waals surface area contributed by atoms with Crippen molar-refractivity contribution in [2.45, 2.75) is 121 Å². The number of nitrogens with one attached hydrogen (secondary N) is 4. The van der Waals surface area contributed by atoms with Gasteiger partial charge in [-0.3, -0.25) is 38.6 Å². The minimum absolute atomic E-state index is 0.0212. The van der Waals surface area contributed by atoms with Gasteiger partial charge in [0, 0.05) is 76.5 Å². The summed E-state index contributed by atoms with van der Waals surface area (Å²) in [6.07, 6.45) is 23.4. The van der Waals surface area contributed by atoms with Crippen molar-refractivity contribution in [2.75, 3.05) is 65.8 Å². The summed E-state index contributed by atoms with van der Waals surface area (Å²) in [5.41, 5.74) is 1.24. The van der Waals surface area contributed by atoms with Crippen molar-refractivity contribution < 1.29 is 47.0 Å². The molecule has 3 aliphatic rings. The number of nitrogens with zero attached hydrogens (tertiary/aromatic N) is 6. The molecule has 0 spiro atoms. The Morgan fingerprint density at radius 3 is 2.07 bits per heavy atom. The molecule has 4 aromatic rings. The van der Waals surface area contributed by atoms with Crippen molar-refractivity contribution >= 4 is 41.5 Å². The monoisotopic (exact) mass is 1030 g/mol. The lowest BCUT2D eigenvalue weighted by atomic mass is 10.1. The number of aldehydes is 1. The van der Waals surface area contributed by atoms with Gasteiger partial charge in [0.05, 0.1) is 36.9 Å². The second-order valence-corrected chi connectivity index (χ2v) is 18.6. The average Bonchev–Trinajstić information content (AvgIpc) is 4.18. The Morgan fingerprint density at radius 2 is 1.47 bits per heavy atom. The van der Waals surface area contributed by atoms with Crippen LogP contribution in [-0.4, -0.2) is 138 Å². The molecule has 3 fully saturated rings. The molecule has 1 aromatic carbocycles. The molecule has 3 atom stereocenters. The van der Waals surface area contributed by atoms with Crippen molar-refractivity contribution in [3.63, 3.8) is 0 Å². The van der Waals surface area contributed by atoms with Crippen LogP contribution in [-0.2, 0) is 23.9 Å². The Kier molecular flexibility index (Phi) is 27.5. The van der Waals surface area contributed by atoms with Gasteiger partial charge in [-0.05, 0) is 108 Å². The number of aromatic nitrogens is 4. The Morgan fingerprint density at radius 1 is 0.797 bits per heavy atom. The van der Waals surface area contributed by atoms with E-state index < -0.39 is 17.7 Å². The molecule has 0 aliphatic carbocycles. The Labute approximate surface area is 434 Å². The van der Waals surface area contributed by atoms with Gasteiger partial charge in [-0.1, -0.05) is 50.7 Å². The number of carbonyl (C=O) groups excluding carboxylic acids is 6. The van der Waals surface area contributed by atoms with Crippen LogP contribution in [0.2, 0.25) is 0 Å². The van der Waals surface area contributed by atoms with E-state index in [2.05, 4.69) is 53.0 Å². The summed E-state index contributed by atoms with van der Waals surface area (Å²) in [5.74, 6) is -2.72. The Balaban J connectivity index is 0.000000261. The molecule has 5 amide bonds. The number of piperidine rings is 1. The van der Waals surface area contributed by atoms with Gasteiger partial charge in [-0.15, -0.1) is 0 Å². The van der Waals surface area contributed by atoms with E-state index in [1.54, 1.807) is 36.6 Å². The molecule has 7 rings (SSSR count). The van der Waals surface area contributed by atoms with Gasteiger partial charge in [0.1, 0.15) is 18.1 Å². The van der Waals surface area contributed by atoms with E-state index in [9.17, 15) is 37.5 Å². The van der Waals surface area contributed by atoms with Gasteiger partial charge in [-0.2, -0.15) is 9.49 Å². The number of benzene rings is 1. The number of ether oxygens (including phenoxy) is 2. The molecule has 4 N–H and O–H groups in total. The number of pyridine rings is 2. The highest BCUT2D eigenvalue weighted by molar-refractivity contribution is 5.97. The first-order chi connectivity index (χ1) is 35.8. The molecule has 0 saturated carbocycles. The first kappa shape index (κ1) is 59.9. The molecule has 3 saturated heterocycles. The first-order valence-electron chi connectivity index (χ1n) is 25.8. The number of halogens is 2. The lowest BCUT2D eigenvalue weighted by molar-refractivity contribution is -0.128. The molecule has 20 heteroatoms. The highest BCUT2D eigenvalue weighted by Gasteiger charge is 2.32. The smallest absolute Gasteiger partial charge is 0.269 e. The van der Waals surface area contributed by atoms with Gasteiger partial charge < -0.3 is 45.3 Å². The van der Waals surface area contributed by atoms with Crippen LogP contribution in [0.3, 0.4) is 0 Å². The second kappa shape index (κ2) is 33.9. The van der Waals surface area contributed by atoms with Crippen LogP contribution >= 0.6 is 0 Å². The minimum Gasteiger partial charge on any atom is -0.494 e. The van der Waals surface area contributed by atoms with Crippen LogP contribution in [0.15, 0.2) is 79.5 Å². The number of carbonyl (C=O) groups is 6. The van der Waals surface area contributed by atoms with Crippen molar-refractivity contribution in [1.82, 2.24) is 45.5 Å². The van der Waals surface area contributed by atoms with Gasteiger partial charge in [0.15, 0.2) is 11.6 Å². The number of hydrogen-bond donors (Lipinski definition) is 4. The molecular formula is C54H76F2N10O8. The minimum atomic E-state index is -0.940. The van der Waals surface area contributed by atoms with Crippen molar-refractivity contribution in [1.29, 1.82) is 0 Å². The average molecular weight is 1030 g/mol. The first-order valence-corrected chi connectivity index (χ1v) is 25.8. The second-order valence-electron chi connectivity index (χ2n) is 18.6. The summed E-state index contributed by atoms with van der Waals surface area (Å²) in [5, 5.41) is 15.8. The fraction of sp³-hybridized carbons (Fsp3) is 0.537. The van der Waals surface area contributed by atoms with Crippen molar-refractivity contribution in [3.8, 4) is 5.75 Å². The predicted octanol–water partition coefficient (Wildman–Crippen LogP) is 6.95. The molecule has 404 valence electrons. The van der Waals surface area contributed by atoms with E-state index in [0.29, 0.717) is 69.2 Å². The number of anilines is 1. The highest BCUT2D eigenvalue weighted by atomic mass is 19.2. The van der Waals surface area contributed by atoms with E-state index >= 15 is 0 Å². The molecule has 3 aliphatic heterocycles. The topological polar surface area (TPSA) is 219 Å². The largest absolute Gasteiger partial charge is 0.494 e. The van der Waals surface area contributed by atoms with Crippen LogP contribution < -0.4 is 26.0 Å². The number of likely N-dealkylation sites (tertiary alicyclic amines) is 2. The van der Waals surface area contributed by atoms with E-state index in [1.165, 1.54) is 57.2 Å². The molecule has 74 heavy (non-hydrogen) atoms.